The molecule has 1 aromatic carbocycles. The molecular formula is C16H25ClN4O5. The summed E-state index contributed by atoms with van der Waals surface area (Å²) in [7, 11) is 6.42. The lowest BCUT2D eigenvalue weighted by molar-refractivity contribution is 0.0922. The fraction of sp³-hybridized carbons (Fsp3) is 0.500. The number of ether oxygens (including phenoxy) is 3. The van der Waals surface area contributed by atoms with Crippen LogP contribution in [0, 0.1) is 0 Å². The molecule has 0 aromatic heterocycles. The minimum absolute atomic E-state index is 0. The third kappa shape index (κ3) is 5.06. The van der Waals surface area contributed by atoms with E-state index in [2.05, 4.69) is 15.8 Å². The van der Waals surface area contributed by atoms with Gasteiger partial charge < -0.3 is 24.0 Å². The first kappa shape index (κ1) is 21.7. The van der Waals surface area contributed by atoms with Crippen LogP contribution in [0.3, 0.4) is 0 Å². The molecule has 146 valence electrons. The minimum atomic E-state index is -0.485. The van der Waals surface area contributed by atoms with Gasteiger partial charge in [-0.1, -0.05) is 0 Å². The zero-order valence-corrected chi connectivity index (χ0v) is 16.1. The van der Waals surface area contributed by atoms with Crippen molar-refractivity contribution in [2.75, 3.05) is 54.6 Å². The van der Waals surface area contributed by atoms with Crippen LogP contribution in [0.5, 0.6) is 17.2 Å². The van der Waals surface area contributed by atoms with Gasteiger partial charge in [-0.05, 0) is 19.2 Å². The van der Waals surface area contributed by atoms with Crippen molar-refractivity contribution in [3.63, 3.8) is 0 Å². The summed E-state index contributed by atoms with van der Waals surface area (Å²) in [5.41, 5.74) is 5.10. The van der Waals surface area contributed by atoms with Crippen LogP contribution in [0.15, 0.2) is 12.1 Å². The first-order valence-electron chi connectivity index (χ1n) is 7.84. The summed E-state index contributed by atoms with van der Waals surface area (Å²) in [4.78, 5) is 28.2. The Balaban J connectivity index is 0.00000338. The van der Waals surface area contributed by atoms with E-state index in [4.69, 9.17) is 14.2 Å². The molecular weight excluding hydrogens is 364 g/mol. The first-order chi connectivity index (χ1) is 12.0. The Bertz CT molecular complexity index is 610. The van der Waals surface area contributed by atoms with E-state index in [9.17, 15) is 9.59 Å². The van der Waals surface area contributed by atoms with Crippen molar-refractivity contribution in [1.29, 1.82) is 0 Å². The van der Waals surface area contributed by atoms with Crippen molar-refractivity contribution < 1.29 is 23.8 Å². The number of halogens is 1. The zero-order chi connectivity index (χ0) is 18.4. The summed E-state index contributed by atoms with van der Waals surface area (Å²) < 4.78 is 15.6. The maximum absolute atomic E-state index is 12.3. The summed E-state index contributed by atoms with van der Waals surface area (Å²) in [5.74, 6) is 0.625. The van der Waals surface area contributed by atoms with Gasteiger partial charge >= 0.3 is 6.03 Å². The van der Waals surface area contributed by atoms with Crippen molar-refractivity contribution in [3.05, 3.63) is 17.7 Å². The normalized spacial score (nSPS) is 14.1. The van der Waals surface area contributed by atoms with E-state index >= 15 is 0 Å². The number of piperazine rings is 1. The van der Waals surface area contributed by atoms with Crippen molar-refractivity contribution in [2.24, 2.45) is 0 Å². The topological polar surface area (TPSA) is 92.4 Å². The summed E-state index contributed by atoms with van der Waals surface area (Å²) in [6.07, 6.45) is 0. The van der Waals surface area contributed by atoms with Crippen molar-refractivity contribution in [3.8, 4) is 17.2 Å². The molecule has 3 amide bonds. The van der Waals surface area contributed by atoms with Gasteiger partial charge in [-0.15, -0.1) is 12.4 Å². The highest BCUT2D eigenvalue weighted by atomic mass is 35.5. The number of methoxy groups -OCH3 is 3. The van der Waals surface area contributed by atoms with Crippen LogP contribution >= 0.6 is 12.4 Å². The van der Waals surface area contributed by atoms with Gasteiger partial charge in [-0.25, -0.2) is 10.2 Å². The minimum Gasteiger partial charge on any atom is -0.493 e. The van der Waals surface area contributed by atoms with Crippen LogP contribution in [0.1, 0.15) is 10.4 Å². The highest BCUT2D eigenvalue weighted by molar-refractivity contribution is 5.96. The Morgan fingerprint density at radius 3 is 1.92 bits per heavy atom. The first-order valence-corrected chi connectivity index (χ1v) is 7.84. The second kappa shape index (κ2) is 9.93. The fourth-order valence-electron chi connectivity index (χ4n) is 2.48. The number of likely N-dealkylation sites (N-methyl/N-ethyl adjacent to an activating group) is 1. The van der Waals surface area contributed by atoms with Gasteiger partial charge in [0.05, 0.1) is 21.3 Å². The largest absolute Gasteiger partial charge is 0.493 e. The number of carbonyl (C=O) groups is 2. The molecule has 1 aliphatic heterocycles. The molecule has 10 heteroatoms. The standard InChI is InChI=1S/C16H24N4O5.ClH/c1-19-5-7-20(8-6-19)16(22)18-17-15(21)11-9-12(23-2)14(25-4)13(10-11)24-3;/h9-10H,5-8H2,1-4H3,(H,17,21)(H,18,22);1H. The lowest BCUT2D eigenvalue weighted by Crippen LogP contribution is -2.54. The van der Waals surface area contributed by atoms with E-state index in [0.717, 1.165) is 13.1 Å². The van der Waals surface area contributed by atoms with E-state index in [-0.39, 0.29) is 24.0 Å². The van der Waals surface area contributed by atoms with Crippen LogP contribution < -0.4 is 25.1 Å². The summed E-state index contributed by atoms with van der Waals surface area (Å²) in [5, 5.41) is 0. The number of hydrogen-bond donors (Lipinski definition) is 2. The van der Waals surface area contributed by atoms with Crippen LogP contribution in [0.4, 0.5) is 4.79 Å². The molecule has 0 radical (unpaired) electrons. The fourth-order valence-corrected chi connectivity index (χ4v) is 2.48. The van der Waals surface area contributed by atoms with Crippen LogP contribution in [0.2, 0.25) is 0 Å². The predicted molar refractivity (Wildman–Crippen MR) is 98.4 cm³/mol. The molecule has 1 saturated heterocycles. The number of nitrogens with zero attached hydrogens (tertiary/aromatic N) is 2. The SMILES string of the molecule is COc1cc(C(=O)NNC(=O)N2CCN(C)CC2)cc(OC)c1OC.Cl. The van der Waals surface area contributed by atoms with E-state index in [1.54, 1.807) is 4.90 Å². The molecule has 2 N–H and O–H groups in total. The lowest BCUT2D eigenvalue weighted by atomic mass is 10.1. The van der Waals surface area contributed by atoms with Gasteiger partial charge in [-0.2, -0.15) is 0 Å². The highest BCUT2D eigenvalue weighted by Gasteiger charge is 2.21. The number of rotatable bonds is 4. The second-order valence-electron chi connectivity index (χ2n) is 5.59. The summed E-state index contributed by atoms with van der Waals surface area (Å²) in [6.45, 7) is 2.83. The van der Waals surface area contributed by atoms with E-state index < -0.39 is 5.91 Å². The Morgan fingerprint density at radius 1 is 0.923 bits per heavy atom. The van der Waals surface area contributed by atoms with Gasteiger partial charge in [0, 0.05) is 31.7 Å². The number of hydrazine groups is 1. The molecule has 0 saturated carbocycles. The Kier molecular flexibility index (Phi) is 8.27. The van der Waals surface area contributed by atoms with Gasteiger partial charge in [0.1, 0.15) is 0 Å². The van der Waals surface area contributed by atoms with Crippen molar-refractivity contribution in [1.82, 2.24) is 20.7 Å². The van der Waals surface area contributed by atoms with Crippen LogP contribution in [-0.4, -0.2) is 76.3 Å². The van der Waals surface area contributed by atoms with Gasteiger partial charge in [0.25, 0.3) is 5.91 Å². The maximum atomic E-state index is 12.3. The zero-order valence-electron chi connectivity index (χ0n) is 15.3. The number of carbonyl (C=O) groups excluding carboxylic acids is 2. The highest BCUT2D eigenvalue weighted by Crippen LogP contribution is 2.38. The molecule has 0 aliphatic carbocycles. The molecule has 1 aromatic rings. The molecule has 26 heavy (non-hydrogen) atoms. The number of hydrogen-bond acceptors (Lipinski definition) is 6. The number of nitrogens with one attached hydrogen (secondary N) is 2. The second-order valence-corrected chi connectivity index (χ2v) is 5.59. The molecule has 0 bridgehead atoms. The van der Waals surface area contributed by atoms with Gasteiger partial charge in [0.15, 0.2) is 11.5 Å². The maximum Gasteiger partial charge on any atom is 0.336 e. The molecule has 2 rings (SSSR count). The monoisotopic (exact) mass is 388 g/mol. The average molecular weight is 389 g/mol. The summed E-state index contributed by atoms with van der Waals surface area (Å²) >= 11 is 0. The van der Waals surface area contributed by atoms with Crippen molar-refractivity contribution in [2.45, 2.75) is 0 Å². The van der Waals surface area contributed by atoms with Gasteiger partial charge in [0.2, 0.25) is 5.75 Å². The molecule has 1 fully saturated rings. The smallest absolute Gasteiger partial charge is 0.336 e. The molecule has 1 heterocycles. The lowest BCUT2D eigenvalue weighted by Gasteiger charge is -2.32. The Morgan fingerprint density at radius 2 is 1.46 bits per heavy atom. The van der Waals surface area contributed by atoms with E-state index in [1.165, 1.54) is 33.5 Å². The van der Waals surface area contributed by atoms with Gasteiger partial charge in [-0.3, -0.25) is 10.2 Å². The molecule has 0 atom stereocenters. The number of urea groups is 1. The Hall–Kier alpha value is -2.39. The third-order valence-electron chi connectivity index (χ3n) is 4.00. The van der Waals surface area contributed by atoms with Crippen molar-refractivity contribution >= 4 is 24.3 Å². The van der Waals surface area contributed by atoms with Crippen LogP contribution in [0.25, 0.3) is 0 Å². The molecule has 9 nitrogen and oxygen atoms in total. The molecule has 1 aliphatic rings. The summed E-state index contributed by atoms with van der Waals surface area (Å²) in [6, 6.07) is 2.69. The van der Waals surface area contributed by atoms with E-state index in [1.807, 2.05) is 7.05 Å². The average Bonchev–Trinajstić information content (AvgIpc) is 2.64. The predicted octanol–water partition coefficient (Wildman–Crippen LogP) is 0.736. The van der Waals surface area contributed by atoms with E-state index in [0.29, 0.717) is 30.3 Å². The molecule has 0 spiro atoms. The quantitative estimate of drug-likeness (QED) is 0.739. The number of benzene rings is 1. The number of amides is 3. The Labute approximate surface area is 158 Å². The third-order valence-corrected chi connectivity index (χ3v) is 4.00. The molecule has 0 unspecified atom stereocenters. The van der Waals surface area contributed by atoms with Crippen LogP contribution in [-0.2, 0) is 0 Å².